The van der Waals surface area contributed by atoms with Gasteiger partial charge >= 0.3 is 0 Å². The normalized spacial score (nSPS) is 28.5. The van der Waals surface area contributed by atoms with Crippen LogP contribution in [0, 0.1) is 17.8 Å². The Morgan fingerprint density at radius 3 is 2.39 bits per heavy atom. The molecule has 11 nitrogen and oxygen atoms in total. The molecule has 5 atom stereocenters. The van der Waals surface area contributed by atoms with Crippen molar-refractivity contribution in [2.24, 2.45) is 23.5 Å². The largest absolute Gasteiger partial charge is 0.511 e. The van der Waals surface area contributed by atoms with Gasteiger partial charge in [0.15, 0.2) is 11.6 Å². The monoisotopic (exact) mass is 527 g/mol. The van der Waals surface area contributed by atoms with Gasteiger partial charge < -0.3 is 31.5 Å². The maximum atomic E-state index is 13.7. The summed E-state index contributed by atoms with van der Waals surface area (Å²) in [5, 5.41) is 47.1. The van der Waals surface area contributed by atoms with Crippen molar-refractivity contribution < 1.29 is 39.6 Å². The number of nitrogens with two attached hydrogens (primary N) is 1. The predicted molar refractivity (Wildman–Crippen MR) is 135 cm³/mol. The molecule has 0 bridgehead atoms. The number of aromatic hydroxyl groups is 1. The van der Waals surface area contributed by atoms with Crippen molar-refractivity contribution in [3.8, 4) is 5.75 Å². The Kier molecular flexibility index (Phi) is 6.87. The molecule has 1 aromatic rings. The lowest BCUT2D eigenvalue weighted by molar-refractivity contribution is -0.121. The molecular weight excluding hydrogens is 494 g/mol. The number of ketones is 2. The van der Waals surface area contributed by atoms with Gasteiger partial charge in [0.05, 0.1) is 23.1 Å². The smallest absolute Gasteiger partial charge is 0.251 e. The van der Waals surface area contributed by atoms with E-state index in [1.807, 2.05) is 0 Å². The molecule has 3 aliphatic rings. The summed E-state index contributed by atoms with van der Waals surface area (Å²) < 4.78 is 0. The van der Waals surface area contributed by atoms with Gasteiger partial charge in [-0.1, -0.05) is 0 Å². The van der Waals surface area contributed by atoms with Crippen LogP contribution in [-0.2, 0) is 16.0 Å². The molecule has 3 aliphatic carbocycles. The van der Waals surface area contributed by atoms with Gasteiger partial charge in [-0.2, -0.15) is 0 Å². The quantitative estimate of drug-likeness (QED) is 0.292. The van der Waals surface area contributed by atoms with Gasteiger partial charge in [0.2, 0.25) is 5.91 Å². The Labute approximate surface area is 219 Å². The second-order valence-electron chi connectivity index (χ2n) is 10.7. The van der Waals surface area contributed by atoms with Crippen LogP contribution in [0.5, 0.6) is 5.75 Å². The van der Waals surface area contributed by atoms with Gasteiger partial charge in [-0.25, -0.2) is 0 Å². The zero-order chi connectivity index (χ0) is 28.3. The van der Waals surface area contributed by atoms with Crippen molar-refractivity contribution in [1.82, 2.24) is 10.2 Å². The fourth-order valence-corrected chi connectivity index (χ4v) is 6.64. The minimum atomic E-state index is -2.07. The molecule has 4 rings (SSSR count). The summed E-state index contributed by atoms with van der Waals surface area (Å²) in [5.41, 5.74) is 3.51. The third-order valence-electron chi connectivity index (χ3n) is 8.06. The molecule has 0 aliphatic heterocycles. The summed E-state index contributed by atoms with van der Waals surface area (Å²) >= 11 is 0. The Bertz CT molecular complexity index is 1310. The van der Waals surface area contributed by atoms with Crippen molar-refractivity contribution in [2.75, 3.05) is 20.6 Å². The van der Waals surface area contributed by atoms with E-state index in [0.717, 1.165) is 0 Å². The Morgan fingerprint density at radius 1 is 1.16 bits per heavy atom. The van der Waals surface area contributed by atoms with E-state index in [1.165, 1.54) is 26.0 Å². The lowest BCUT2D eigenvalue weighted by Crippen LogP contribution is -2.59. The first-order valence-electron chi connectivity index (χ1n) is 12.4. The topological polar surface area (TPSA) is 190 Å². The van der Waals surface area contributed by atoms with Crippen molar-refractivity contribution in [3.63, 3.8) is 0 Å². The molecule has 0 aromatic heterocycles. The maximum Gasteiger partial charge on any atom is 0.251 e. The van der Waals surface area contributed by atoms with Gasteiger partial charge in [0, 0.05) is 31.0 Å². The standard InChI is InChI=1S/C27H33N3O8/c1-11(31)29-8-7-16(32)13-5-6-17(33)19-14(13)9-12-10-15-20(24(35)18(12)23(19)34)27(2,38)21(26(28)37)25(36)22(15)30(3)4/h5-6,12,15,20,22,33,35-36,38H,7-10H2,1-4H3,(H2,28,37)(H,29,31)/t12?,15?,20?,22-,27?/m0/s1. The summed E-state index contributed by atoms with van der Waals surface area (Å²) in [6.07, 6.45) is 0.378. The summed E-state index contributed by atoms with van der Waals surface area (Å²) in [5.74, 6) is -5.79. The van der Waals surface area contributed by atoms with Crippen molar-refractivity contribution in [2.45, 2.75) is 44.8 Å². The number of allylic oxidation sites excluding steroid dienone is 1. The number of rotatable bonds is 6. The minimum absolute atomic E-state index is 0.000105. The van der Waals surface area contributed by atoms with Crippen molar-refractivity contribution >= 4 is 23.4 Å². The fraction of sp³-hybridized carbons (Fsp3) is 0.481. The van der Waals surface area contributed by atoms with Crippen LogP contribution in [-0.4, -0.2) is 81.0 Å². The summed E-state index contributed by atoms with van der Waals surface area (Å²) in [6, 6.07) is 1.90. The van der Waals surface area contributed by atoms with Crippen LogP contribution < -0.4 is 11.1 Å². The van der Waals surface area contributed by atoms with Gasteiger partial charge in [0.1, 0.15) is 22.9 Å². The molecule has 11 heteroatoms. The zero-order valence-electron chi connectivity index (χ0n) is 21.7. The van der Waals surface area contributed by atoms with Crippen LogP contribution in [0.15, 0.2) is 34.8 Å². The number of primary amides is 1. The number of likely N-dealkylation sites (N-methyl/N-ethyl adjacent to an activating group) is 1. The number of carbonyl (C=O) groups is 4. The van der Waals surface area contributed by atoms with E-state index in [-0.39, 0.29) is 65.7 Å². The van der Waals surface area contributed by atoms with E-state index in [9.17, 15) is 39.6 Å². The number of nitrogens with one attached hydrogen (secondary N) is 1. The molecule has 0 saturated heterocycles. The SMILES string of the molecule is CC(=O)NCCC(=O)c1ccc(O)c2c1CC1CC3C(C(O)=C1C2=O)C(C)(O)C(C(N)=O)=C(O)[C@H]3N(C)C. The number of phenols is 1. The molecule has 0 spiro atoms. The van der Waals surface area contributed by atoms with E-state index in [4.69, 9.17) is 5.73 Å². The second-order valence-corrected chi connectivity index (χ2v) is 10.7. The van der Waals surface area contributed by atoms with E-state index in [2.05, 4.69) is 5.32 Å². The van der Waals surface area contributed by atoms with Gasteiger partial charge in [0.25, 0.3) is 5.91 Å². The highest BCUT2D eigenvalue weighted by Crippen LogP contribution is 2.54. The highest BCUT2D eigenvalue weighted by Gasteiger charge is 2.59. The predicted octanol–water partition coefficient (Wildman–Crippen LogP) is 0.897. The molecular formula is C27H33N3O8. The lowest BCUT2D eigenvalue weighted by Gasteiger charge is -2.52. The summed E-state index contributed by atoms with van der Waals surface area (Å²) in [4.78, 5) is 51.9. The molecule has 38 heavy (non-hydrogen) atoms. The number of Topliss-reactive ketones (excluding diaryl/α,β-unsaturated/α-hetero) is 2. The van der Waals surface area contributed by atoms with Gasteiger partial charge in [-0.15, -0.1) is 0 Å². The lowest BCUT2D eigenvalue weighted by atomic mass is 9.56. The number of nitrogens with zero attached hydrogens (tertiary/aromatic N) is 1. The Hall–Kier alpha value is -3.70. The first-order valence-corrected chi connectivity index (χ1v) is 12.4. The average molecular weight is 528 g/mol. The number of carbonyl (C=O) groups excluding carboxylic acids is 4. The number of fused-ring (bicyclic) bond motifs is 3. The second kappa shape index (κ2) is 9.55. The van der Waals surface area contributed by atoms with Crippen LogP contribution in [0.3, 0.4) is 0 Å². The Morgan fingerprint density at radius 2 is 1.82 bits per heavy atom. The number of hydrogen-bond acceptors (Lipinski definition) is 9. The molecule has 0 radical (unpaired) electrons. The highest BCUT2D eigenvalue weighted by molar-refractivity contribution is 6.15. The highest BCUT2D eigenvalue weighted by atomic mass is 16.3. The van der Waals surface area contributed by atoms with Crippen molar-refractivity contribution in [1.29, 1.82) is 0 Å². The first-order chi connectivity index (χ1) is 17.7. The molecule has 204 valence electrons. The molecule has 2 amide bonds. The van der Waals surface area contributed by atoms with Crippen molar-refractivity contribution in [3.05, 3.63) is 51.5 Å². The van der Waals surface area contributed by atoms with Crippen LogP contribution in [0.2, 0.25) is 0 Å². The number of amides is 2. The van der Waals surface area contributed by atoms with E-state index >= 15 is 0 Å². The van der Waals surface area contributed by atoms with E-state index in [0.29, 0.717) is 5.56 Å². The number of aliphatic hydroxyl groups excluding tert-OH is 2. The summed E-state index contributed by atoms with van der Waals surface area (Å²) in [7, 11) is 3.36. The third kappa shape index (κ3) is 4.15. The molecule has 7 N–H and O–H groups in total. The minimum Gasteiger partial charge on any atom is -0.511 e. The fourth-order valence-electron chi connectivity index (χ4n) is 6.64. The molecule has 4 unspecified atom stereocenters. The Balaban J connectivity index is 1.84. The molecule has 0 fully saturated rings. The van der Waals surface area contributed by atoms with Gasteiger partial charge in [-0.05, 0) is 63.4 Å². The van der Waals surface area contributed by atoms with Crippen LogP contribution in [0.1, 0.15) is 53.0 Å². The number of benzene rings is 1. The molecule has 0 heterocycles. The van der Waals surface area contributed by atoms with Gasteiger partial charge in [-0.3, -0.25) is 24.1 Å². The van der Waals surface area contributed by atoms with Crippen LogP contribution in [0.4, 0.5) is 0 Å². The van der Waals surface area contributed by atoms with Crippen LogP contribution >= 0.6 is 0 Å². The van der Waals surface area contributed by atoms with E-state index < -0.39 is 52.4 Å². The molecule has 1 aromatic carbocycles. The maximum absolute atomic E-state index is 13.7. The number of hydrogen-bond donors (Lipinski definition) is 6. The van der Waals surface area contributed by atoms with Crippen LogP contribution in [0.25, 0.3) is 0 Å². The summed E-state index contributed by atoms with van der Waals surface area (Å²) in [6.45, 7) is 2.73. The first kappa shape index (κ1) is 27.3. The molecule has 0 saturated carbocycles. The zero-order valence-corrected chi connectivity index (χ0v) is 21.7. The number of phenolic OH excluding ortho intramolecular Hbond substituents is 1. The number of aliphatic hydroxyl groups is 3. The average Bonchev–Trinajstić information content (AvgIpc) is 2.77. The third-order valence-corrected chi connectivity index (χ3v) is 8.06. The van der Waals surface area contributed by atoms with E-state index in [1.54, 1.807) is 19.0 Å².